The standard InChI is InChI=1S/C18H16FN3OS/c1-20-13-4-2-12(3-5-13)15-11-22-16-10-14(23-9-8-19)6-7-17(16)24-18(22)21-15/h2-7,10-11,20H,8-9H2,1H3. The Labute approximate surface area is 142 Å². The van der Waals surface area contributed by atoms with Crippen molar-refractivity contribution >= 4 is 32.2 Å². The van der Waals surface area contributed by atoms with Crippen molar-refractivity contribution in [1.82, 2.24) is 9.38 Å². The highest BCUT2D eigenvalue weighted by Gasteiger charge is 2.11. The molecule has 6 heteroatoms. The van der Waals surface area contributed by atoms with Crippen molar-refractivity contribution in [2.45, 2.75) is 0 Å². The summed E-state index contributed by atoms with van der Waals surface area (Å²) in [4.78, 5) is 5.66. The molecule has 2 aromatic heterocycles. The number of rotatable bonds is 5. The largest absolute Gasteiger partial charge is 0.491 e. The molecule has 4 aromatic rings. The Bertz CT molecular complexity index is 991. The van der Waals surface area contributed by atoms with Gasteiger partial charge in [-0.25, -0.2) is 9.37 Å². The SMILES string of the molecule is CNc1ccc(-c2cn3c(n2)sc2ccc(OCCF)cc23)cc1. The van der Waals surface area contributed by atoms with Crippen LogP contribution in [0.4, 0.5) is 10.1 Å². The minimum Gasteiger partial charge on any atom is -0.491 e. The lowest BCUT2D eigenvalue weighted by atomic mass is 10.1. The second-order valence-corrected chi connectivity index (χ2v) is 6.38. The normalized spacial score (nSPS) is 11.2. The Hall–Kier alpha value is -2.60. The molecule has 0 amide bonds. The van der Waals surface area contributed by atoms with Crippen LogP contribution in [0.1, 0.15) is 0 Å². The van der Waals surface area contributed by atoms with Crippen LogP contribution in [0.2, 0.25) is 0 Å². The van der Waals surface area contributed by atoms with Gasteiger partial charge in [0.05, 0.1) is 15.9 Å². The molecule has 4 rings (SSSR count). The van der Waals surface area contributed by atoms with Crippen LogP contribution in [0, 0.1) is 0 Å². The third kappa shape index (κ3) is 2.59. The molecule has 0 spiro atoms. The van der Waals surface area contributed by atoms with Crippen molar-refractivity contribution < 1.29 is 9.13 Å². The monoisotopic (exact) mass is 341 g/mol. The molecule has 0 radical (unpaired) electrons. The van der Waals surface area contributed by atoms with Crippen LogP contribution < -0.4 is 10.1 Å². The van der Waals surface area contributed by atoms with Crippen LogP contribution in [0.25, 0.3) is 26.4 Å². The third-order valence-corrected chi connectivity index (χ3v) is 4.92. The van der Waals surface area contributed by atoms with Crippen molar-refractivity contribution in [3.05, 3.63) is 48.7 Å². The molecule has 0 unspecified atom stereocenters. The first-order valence-electron chi connectivity index (χ1n) is 7.67. The maximum absolute atomic E-state index is 12.3. The van der Waals surface area contributed by atoms with Crippen LogP contribution >= 0.6 is 11.3 Å². The van der Waals surface area contributed by atoms with Crippen molar-refractivity contribution in [2.75, 3.05) is 25.6 Å². The maximum atomic E-state index is 12.3. The van der Waals surface area contributed by atoms with Gasteiger partial charge in [0.25, 0.3) is 0 Å². The molecular weight excluding hydrogens is 325 g/mol. The van der Waals surface area contributed by atoms with E-state index in [4.69, 9.17) is 9.72 Å². The topological polar surface area (TPSA) is 38.6 Å². The number of benzene rings is 2. The van der Waals surface area contributed by atoms with Gasteiger partial charge in [-0.2, -0.15) is 0 Å². The van der Waals surface area contributed by atoms with E-state index >= 15 is 0 Å². The smallest absolute Gasteiger partial charge is 0.195 e. The van der Waals surface area contributed by atoms with E-state index in [9.17, 15) is 4.39 Å². The lowest BCUT2D eigenvalue weighted by molar-refractivity contribution is 0.273. The molecular formula is C18H16FN3OS. The molecule has 0 aliphatic carbocycles. The molecule has 24 heavy (non-hydrogen) atoms. The first-order chi connectivity index (χ1) is 11.8. The highest BCUT2D eigenvalue weighted by atomic mass is 32.1. The highest BCUT2D eigenvalue weighted by molar-refractivity contribution is 7.23. The summed E-state index contributed by atoms with van der Waals surface area (Å²) in [5.41, 5.74) is 4.10. The number of hydrogen-bond acceptors (Lipinski definition) is 4. The Balaban J connectivity index is 1.76. The Kier molecular flexibility index (Phi) is 3.82. The zero-order valence-electron chi connectivity index (χ0n) is 13.1. The van der Waals surface area contributed by atoms with Gasteiger partial charge in [-0.3, -0.25) is 4.40 Å². The summed E-state index contributed by atoms with van der Waals surface area (Å²) in [5, 5.41) is 3.11. The lowest BCUT2D eigenvalue weighted by Gasteiger charge is -2.03. The van der Waals surface area contributed by atoms with Gasteiger partial charge in [0.1, 0.15) is 19.0 Å². The van der Waals surface area contributed by atoms with Gasteiger partial charge >= 0.3 is 0 Å². The molecule has 1 N–H and O–H groups in total. The number of alkyl halides is 1. The molecule has 0 aliphatic heterocycles. The summed E-state index contributed by atoms with van der Waals surface area (Å²) < 4.78 is 20.9. The maximum Gasteiger partial charge on any atom is 0.195 e. The molecule has 0 saturated heterocycles. The number of hydrogen-bond donors (Lipinski definition) is 1. The van der Waals surface area contributed by atoms with Crippen molar-refractivity contribution in [3.63, 3.8) is 0 Å². The number of anilines is 1. The Morgan fingerprint density at radius 1 is 1.21 bits per heavy atom. The first kappa shape index (κ1) is 15.0. The van der Waals surface area contributed by atoms with Gasteiger partial charge in [-0.15, -0.1) is 0 Å². The summed E-state index contributed by atoms with van der Waals surface area (Å²) in [6.07, 6.45) is 2.03. The van der Waals surface area contributed by atoms with Crippen molar-refractivity contribution in [3.8, 4) is 17.0 Å². The average Bonchev–Trinajstić information content (AvgIpc) is 3.18. The number of ether oxygens (including phenoxy) is 1. The summed E-state index contributed by atoms with van der Waals surface area (Å²) in [6.45, 7) is -0.416. The summed E-state index contributed by atoms with van der Waals surface area (Å²) >= 11 is 1.63. The number of imidazole rings is 1. The number of fused-ring (bicyclic) bond motifs is 3. The van der Waals surface area contributed by atoms with Crippen molar-refractivity contribution in [1.29, 1.82) is 0 Å². The van der Waals surface area contributed by atoms with E-state index in [1.54, 1.807) is 11.3 Å². The molecule has 122 valence electrons. The van der Waals surface area contributed by atoms with Gasteiger partial charge in [-0.1, -0.05) is 23.5 Å². The molecule has 0 saturated carbocycles. The zero-order chi connectivity index (χ0) is 16.5. The van der Waals surface area contributed by atoms with Gasteiger partial charge in [-0.05, 0) is 24.3 Å². The number of nitrogens with zero attached hydrogens (tertiary/aromatic N) is 2. The average molecular weight is 341 g/mol. The van der Waals surface area contributed by atoms with Gasteiger partial charge in [0.2, 0.25) is 0 Å². The molecule has 0 fully saturated rings. The van der Waals surface area contributed by atoms with Crippen molar-refractivity contribution in [2.24, 2.45) is 0 Å². The molecule has 0 atom stereocenters. The van der Waals surface area contributed by atoms with E-state index in [-0.39, 0.29) is 6.61 Å². The number of nitrogens with one attached hydrogen (secondary N) is 1. The quantitative estimate of drug-likeness (QED) is 0.576. The molecule has 2 aromatic carbocycles. The number of aromatic nitrogens is 2. The first-order valence-corrected chi connectivity index (χ1v) is 8.49. The fourth-order valence-corrected chi connectivity index (χ4v) is 3.66. The van der Waals surface area contributed by atoms with Crippen LogP contribution in [-0.2, 0) is 0 Å². The Morgan fingerprint density at radius 2 is 2.04 bits per heavy atom. The minimum absolute atomic E-state index is 0.0752. The number of thiazole rings is 1. The zero-order valence-corrected chi connectivity index (χ0v) is 13.9. The van der Waals surface area contributed by atoms with Crippen LogP contribution in [0.3, 0.4) is 0 Å². The third-order valence-electron chi connectivity index (χ3n) is 3.88. The van der Waals surface area contributed by atoms with E-state index < -0.39 is 6.67 Å². The predicted molar refractivity (Wildman–Crippen MR) is 97.0 cm³/mol. The van der Waals surface area contributed by atoms with E-state index in [0.717, 1.165) is 32.1 Å². The molecule has 4 nitrogen and oxygen atoms in total. The fourth-order valence-electron chi connectivity index (χ4n) is 2.67. The Morgan fingerprint density at radius 3 is 2.79 bits per heavy atom. The number of halogens is 1. The van der Waals surface area contributed by atoms with Gasteiger partial charge in [0.15, 0.2) is 4.96 Å². The second kappa shape index (κ2) is 6.13. The summed E-state index contributed by atoms with van der Waals surface area (Å²) in [6, 6.07) is 14.0. The van der Waals surface area contributed by atoms with Gasteiger partial charge in [0, 0.05) is 30.6 Å². The van der Waals surface area contributed by atoms with Crippen LogP contribution in [0.5, 0.6) is 5.75 Å². The summed E-state index contributed by atoms with van der Waals surface area (Å²) in [5.74, 6) is 0.675. The van der Waals surface area contributed by atoms with E-state index in [1.165, 1.54) is 0 Å². The highest BCUT2D eigenvalue weighted by Crippen LogP contribution is 2.32. The van der Waals surface area contributed by atoms with Gasteiger partial charge < -0.3 is 10.1 Å². The lowest BCUT2D eigenvalue weighted by Crippen LogP contribution is -1.98. The minimum atomic E-state index is -0.491. The van der Waals surface area contributed by atoms with Crippen LogP contribution in [-0.4, -0.2) is 29.7 Å². The molecule has 0 aliphatic rings. The predicted octanol–water partition coefficient (Wildman–Crippen LogP) is 4.61. The van der Waals surface area contributed by atoms with Crippen LogP contribution in [0.15, 0.2) is 48.7 Å². The molecule has 2 heterocycles. The van der Waals surface area contributed by atoms with E-state index in [1.807, 2.05) is 43.6 Å². The summed E-state index contributed by atoms with van der Waals surface area (Å²) in [7, 11) is 1.90. The van der Waals surface area contributed by atoms with E-state index in [0.29, 0.717) is 5.75 Å². The fraction of sp³-hybridized carbons (Fsp3) is 0.167. The van der Waals surface area contributed by atoms with E-state index in [2.05, 4.69) is 21.9 Å². The second-order valence-electron chi connectivity index (χ2n) is 5.38. The molecule has 0 bridgehead atoms.